The van der Waals surface area contributed by atoms with Gasteiger partial charge in [-0.25, -0.2) is 24.9 Å². The number of fused-ring (bicyclic) bond motifs is 1. The Bertz CT molecular complexity index is 753. The Kier molecular flexibility index (Phi) is 3.78. The van der Waals surface area contributed by atoms with E-state index in [0.717, 1.165) is 33.8 Å². The molecule has 0 radical (unpaired) electrons. The zero-order chi connectivity index (χ0) is 14.8. The van der Waals surface area contributed by atoms with E-state index in [4.69, 9.17) is 0 Å². The molecule has 0 aliphatic heterocycles. The van der Waals surface area contributed by atoms with E-state index in [9.17, 15) is 0 Å². The van der Waals surface area contributed by atoms with Crippen LogP contribution in [0.2, 0.25) is 0 Å². The van der Waals surface area contributed by atoms with Crippen LogP contribution >= 0.6 is 15.9 Å². The lowest BCUT2D eigenvalue weighted by atomic mass is 10.4. The van der Waals surface area contributed by atoms with Crippen molar-refractivity contribution in [3.63, 3.8) is 0 Å². The quantitative estimate of drug-likeness (QED) is 0.718. The van der Waals surface area contributed by atoms with Crippen LogP contribution in [0.15, 0.2) is 29.5 Å². The summed E-state index contributed by atoms with van der Waals surface area (Å²) >= 11 is 3.33. The number of nitrogens with zero attached hydrogens (tertiary/aromatic N) is 7. The maximum absolute atomic E-state index is 4.41. The number of rotatable bonds is 4. The molecule has 3 aromatic heterocycles. The molecule has 0 saturated heterocycles. The fourth-order valence-corrected chi connectivity index (χ4v) is 2.29. The lowest BCUT2D eigenvalue weighted by Crippen LogP contribution is -2.20. The Balaban J connectivity index is 1.92. The van der Waals surface area contributed by atoms with Gasteiger partial charge >= 0.3 is 0 Å². The minimum Gasteiger partial charge on any atom is -0.350 e. The second kappa shape index (κ2) is 5.72. The van der Waals surface area contributed by atoms with Crippen LogP contribution in [-0.4, -0.2) is 36.5 Å². The number of halogens is 1. The first-order valence-corrected chi connectivity index (χ1v) is 7.31. The van der Waals surface area contributed by atoms with Crippen molar-refractivity contribution in [1.29, 1.82) is 0 Å². The second-order valence-corrected chi connectivity index (χ2v) is 5.49. The summed E-state index contributed by atoms with van der Waals surface area (Å²) in [5, 5.41) is 0. The summed E-state index contributed by atoms with van der Waals surface area (Å²) in [6.45, 7) is 3.44. The molecule has 3 rings (SSSR count). The number of anilines is 1. The fraction of sp³-hybridized carbons (Fsp3) is 0.308. The van der Waals surface area contributed by atoms with Gasteiger partial charge in [0, 0.05) is 26.0 Å². The number of hydrogen-bond donors (Lipinski definition) is 0. The molecule has 0 aliphatic rings. The van der Waals surface area contributed by atoms with Crippen LogP contribution in [0.4, 0.5) is 5.82 Å². The number of imidazole rings is 1. The molecule has 0 atom stereocenters. The van der Waals surface area contributed by atoms with Crippen molar-refractivity contribution in [2.24, 2.45) is 0 Å². The third kappa shape index (κ3) is 2.71. The van der Waals surface area contributed by atoms with E-state index in [1.165, 1.54) is 0 Å². The average Bonchev–Trinajstić information content (AvgIpc) is 2.92. The third-order valence-electron chi connectivity index (χ3n) is 3.14. The van der Waals surface area contributed by atoms with Crippen molar-refractivity contribution in [2.45, 2.75) is 20.0 Å². The first-order valence-electron chi connectivity index (χ1n) is 6.52. The second-order valence-electron chi connectivity index (χ2n) is 4.57. The molecule has 21 heavy (non-hydrogen) atoms. The number of hydrogen-bond acceptors (Lipinski definition) is 6. The first kappa shape index (κ1) is 13.9. The van der Waals surface area contributed by atoms with E-state index in [1.54, 1.807) is 25.0 Å². The van der Waals surface area contributed by atoms with Gasteiger partial charge in [0.1, 0.15) is 12.2 Å². The Hall–Kier alpha value is -2.09. The van der Waals surface area contributed by atoms with Gasteiger partial charge in [0.05, 0.1) is 17.3 Å². The van der Waals surface area contributed by atoms with Gasteiger partial charge in [-0.2, -0.15) is 0 Å². The van der Waals surface area contributed by atoms with E-state index in [-0.39, 0.29) is 0 Å². The lowest BCUT2D eigenvalue weighted by molar-refractivity contribution is 0.776. The smallest absolute Gasteiger partial charge is 0.165 e. The zero-order valence-corrected chi connectivity index (χ0v) is 13.3. The van der Waals surface area contributed by atoms with Crippen molar-refractivity contribution in [3.8, 4) is 0 Å². The van der Waals surface area contributed by atoms with Gasteiger partial charge in [-0.1, -0.05) is 0 Å². The van der Waals surface area contributed by atoms with Gasteiger partial charge < -0.3 is 9.47 Å². The number of aromatic nitrogens is 6. The molecule has 0 aliphatic carbocycles. The molecule has 0 spiro atoms. The summed E-state index contributed by atoms with van der Waals surface area (Å²) in [7, 11) is 1.94. The molecular weight excluding hydrogens is 334 g/mol. The Morgan fingerprint density at radius 1 is 1.14 bits per heavy atom. The highest BCUT2D eigenvalue weighted by molar-refractivity contribution is 9.10. The van der Waals surface area contributed by atoms with Crippen LogP contribution in [-0.2, 0) is 13.1 Å². The summed E-state index contributed by atoms with van der Waals surface area (Å²) in [4.78, 5) is 23.6. The number of aryl methyl sites for hydroxylation is 1. The van der Waals surface area contributed by atoms with Crippen molar-refractivity contribution in [2.75, 3.05) is 11.9 Å². The van der Waals surface area contributed by atoms with Crippen LogP contribution in [0.25, 0.3) is 11.2 Å². The molecule has 108 valence electrons. The molecule has 0 unspecified atom stereocenters. The van der Waals surface area contributed by atoms with Gasteiger partial charge in [-0.05, 0) is 22.9 Å². The Morgan fingerprint density at radius 2 is 1.90 bits per heavy atom. The molecule has 8 heteroatoms. The molecule has 3 heterocycles. The molecule has 0 saturated carbocycles. The molecule has 0 N–H and O–H groups in total. The van der Waals surface area contributed by atoms with E-state index in [0.29, 0.717) is 6.54 Å². The predicted octanol–water partition coefficient (Wildman–Crippen LogP) is 2.04. The summed E-state index contributed by atoms with van der Waals surface area (Å²) in [6.07, 6.45) is 6.81. The molecular formula is C13H14BrN7. The third-order valence-corrected chi connectivity index (χ3v) is 3.55. The van der Waals surface area contributed by atoms with Crippen molar-refractivity contribution >= 4 is 32.9 Å². The summed E-state index contributed by atoms with van der Waals surface area (Å²) < 4.78 is 2.85. The van der Waals surface area contributed by atoms with Gasteiger partial charge in [-0.15, -0.1) is 0 Å². The summed E-state index contributed by atoms with van der Waals surface area (Å²) in [6, 6.07) is 0. The van der Waals surface area contributed by atoms with Crippen molar-refractivity contribution in [3.05, 3.63) is 35.3 Å². The molecule has 7 nitrogen and oxygen atoms in total. The topological polar surface area (TPSA) is 72.6 Å². The molecule has 3 aromatic rings. The van der Waals surface area contributed by atoms with Crippen LogP contribution in [0.5, 0.6) is 0 Å². The normalized spacial score (nSPS) is 11.0. The fourth-order valence-electron chi connectivity index (χ4n) is 2.09. The highest BCUT2D eigenvalue weighted by atomic mass is 79.9. The van der Waals surface area contributed by atoms with E-state index >= 15 is 0 Å². The largest absolute Gasteiger partial charge is 0.350 e. The Morgan fingerprint density at radius 3 is 2.62 bits per heavy atom. The lowest BCUT2D eigenvalue weighted by Gasteiger charge is -2.17. The van der Waals surface area contributed by atoms with Crippen molar-refractivity contribution in [1.82, 2.24) is 29.5 Å². The molecule has 0 bridgehead atoms. The monoisotopic (exact) mass is 347 g/mol. The first-order chi connectivity index (χ1) is 10.2. The highest BCUT2D eigenvalue weighted by Crippen LogP contribution is 2.21. The maximum Gasteiger partial charge on any atom is 0.165 e. The highest BCUT2D eigenvalue weighted by Gasteiger charge is 2.14. The van der Waals surface area contributed by atoms with E-state index < -0.39 is 0 Å². The summed E-state index contributed by atoms with van der Waals surface area (Å²) in [5.74, 6) is 1.50. The minimum atomic E-state index is 0.554. The van der Waals surface area contributed by atoms with Crippen LogP contribution in [0.3, 0.4) is 0 Å². The zero-order valence-electron chi connectivity index (χ0n) is 11.7. The standard InChI is InChI=1S/C13H14BrN7/c1-3-21-8-19-11-12(17-7-18-13(11)21)20(2)6-10-15-4-9(14)5-16-10/h4-5,7-8H,3,6H2,1-2H3. The van der Waals surface area contributed by atoms with Crippen molar-refractivity contribution < 1.29 is 0 Å². The van der Waals surface area contributed by atoms with Crippen LogP contribution in [0.1, 0.15) is 12.7 Å². The molecule has 0 fully saturated rings. The predicted molar refractivity (Wildman–Crippen MR) is 82.8 cm³/mol. The minimum absolute atomic E-state index is 0.554. The van der Waals surface area contributed by atoms with Gasteiger partial charge in [0.2, 0.25) is 0 Å². The van der Waals surface area contributed by atoms with Crippen LogP contribution < -0.4 is 4.90 Å². The molecule has 0 amide bonds. The van der Waals surface area contributed by atoms with Crippen LogP contribution in [0, 0.1) is 0 Å². The maximum atomic E-state index is 4.41. The Labute approximate surface area is 130 Å². The van der Waals surface area contributed by atoms with E-state index in [1.807, 2.05) is 16.5 Å². The van der Waals surface area contributed by atoms with Gasteiger partial charge in [0.15, 0.2) is 17.0 Å². The van der Waals surface area contributed by atoms with E-state index in [2.05, 4.69) is 47.8 Å². The van der Waals surface area contributed by atoms with Gasteiger partial charge in [-0.3, -0.25) is 0 Å². The van der Waals surface area contributed by atoms with Gasteiger partial charge in [0.25, 0.3) is 0 Å². The summed E-state index contributed by atoms with van der Waals surface area (Å²) in [5.41, 5.74) is 1.63. The molecule has 0 aromatic carbocycles. The average molecular weight is 348 g/mol. The SMILES string of the molecule is CCn1cnc2c(N(C)Cc3ncc(Br)cn3)ncnc21.